The van der Waals surface area contributed by atoms with Crippen LogP contribution in [0.25, 0.3) is 0 Å². The predicted molar refractivity (Wildman–Crippen MR) is 54.8 cm³/mol. The van der Waals surface area contributed by atoms with Crippen LogP contribution in [-0.2, 0) is 4.79 Å². The SMILES string of the molecule is O=C(Cl)CC1CCOc2ccccc21. The number of para-hydroxylation sites is 1. The third-order valence-corrected chi connectivity index (χ3v) is 2.64. The zero-order valence-corrected chi connectivity index (χ0v) is 8.46. The fourth-order valence-corrected chi connectivity index (χ4v) is 2.01. The van der Waals surface area contributed by atoms with E-state index < -0.39 is 0 Å². The summed E-state index contributed by atoms with van der Waals surface area (Å²) in [5, 5.41) is -0.272. The molecule has 14 heavy (non-hydrogen) atoms. The number of carbonyl (C=O) groups is 1. The Labute approximate surface area is 87.8 Å². The Morgan fingerprint density at radius 2 is 2.29 bits per heavy atom. The van der Waals surface area contributed by atoms with Gasteiger partial charge < -0.3 is 4.74 Å². The van der Waals surface area contributed by atoms with Crippen molar-refractivity contribution in [3.8, 4) is 5.75 Å². The maximum Gasteiger partial charge on any atom is 0.222 e. The number of fused-ring (bicyclic) bond motifs is 1. The Morgan fingerprint density at radius 1 is 1.50 bits per heavy atom. The van der Waals surface area contributed by atoms with Gasteiger partial charge in [-0.2, -0.15) is 0 Å². The summed E-state index contributed by atoms with van der Waals surface area (Å²) in [6, 6.07) is 7.82. The Bertz CT molecular complexity index is 349. The molecule has 0 saturated heterocycles. The highest BCUT2D eigenvalue weighted by Gasteiger charge is 2.22. The summed E-state index contributed by atoms with van der Waals surface area (Å²) in [6.07, 6.45) is 1.28. The molecular formula is C11H11ClO2. The van der Waals surface area contributed by atoms with Crippen molar-refractivity contribution in [1.82, 2.24) is 0 Å². The molecule has 1 aliphatic rings. The van der Waals surface area contributed by atoms with E-state index in [0.29, 0.717) is 13.0 Å². The van der Waals surface area contributed by atoms with Crippen LogP contribution in [0.3, 0.4) is 0 Å². The molecule has 0 aromatic heterocycles. The molecule has 74 valence electrons. The van der Waals surface area contributed by atoms with E-state index in [9.17, 15) is 4.79 Å². The van der Waals surface area contributed by atoms with Crippen LogP contribution in [0.15, 0.2) is 24.3 Å². The summed E-state index contributed by atoms with van der Waals surface area (Å²) in [5.41, 5.74) is 1.10. The minimum Gasteiger partial charge on any atom is -0.493 e. The molecule has 0 amide bonds. The van der Waals surface area contributed by atoms with E-state index in [4.69, 9.17) is 16.3 Å². The number of hydrogen-bond acceptors (Lipinski definition) is 2. The van der Waals surface area contributed by atoms with Crippen molar-refractivity contribution in [3.63, 3.8) is 0 Å². The number of hydrogen-bond donors (Lipinski definition) is 0. The molecule has 1 atom stereocenters. The van der Waals surface area contributed by atoms with Gasteiger partial charge in [-0.15, -0.1) is 0 Å². The average molecular weight is 211 g/mol. The van der Waals surface area contributed by atoms with Gasteiger partial charge in [0.15, 0.2) is 0 Å². The average Bonchev–Trinajstić information content (AvgIpc) is 2.18. The molecule has 0 radical (unpaired) electrons. The second kappa shape index (κ2) is 4.01. The monoisotopic (exact) mass is 210 g/mol. The van der Waals surface area contributed by atoms with Gasteiger partial charge in [0, 0.05) is 6.42 Å². The molecule has 1 unspecified atom stereocenters. The zero-order chi connectivity index (χ0) is 9.97. The standard InChI is InChI=1S/C11H11ClO2/c12-11(13)7-8-5-6-14-10-4-2-1-3-9(8)10/h1-4,8H,5-7H2. The summed E-state index contributed by atoms with van der Waals surface area (Å²) in [7, 11) is 0. The highest BCUT2D eigenvalue weighted by Crippen LogP contribution is 2.35. The van der Waals surface area contributed by atoms with Gasteiger partial charge in [-0.25, -0.2) is 0 Å². The molecule has 2 nitrogen and oxygen atoms in total. The van der Waals surface area contributed by atoms with Crippen LogP contribution in [-0.4, -0.2) is 11.8 Å². The largest absolute Gasteiger partial charge is 0.493 e. The quantitative estimate of drug-likeness (QED) is 0.702. The molecule has 0 fully saturated rings. The zero-order valence-electron chi connectivity index (χ0n) is 7.70. The van der Waals surface area contributed by atoms with Crippen molar-refractivity contribution in [1.29, 1.82) is 0 Å². The molecule has 0 spiro atoms. The maximum absolute atomic E-state index is 10.8. The number of carbonyl (C=O) groups excluding carboxylic acids is 1. The second-order valence-electron chi connectivity index (χ2n) is 3.43. The van der Waals surface area contributed by atoms with E-state index in [2.05, 4.69) is 0 Å². The number of rotatable bonds is 2. The van der Waals surface area contributed by atoms with Gasteiger partial charge in [0.05, 0.1) is 6.61 Å². The lowest BCUT2D eigenvalue weighted by atomic mass is 9.91. The van der Waals surface area contributed by atoms with E-state index in [1.807, 2.05) is 24.3 Å². The molecule has 0 bridgehead atoms. The van der Waals surface area contributed by atoms with Crippen LogP contribution >= 0.6 is 11.6 Å². The van der Waals surface area contributed by atoms with Crippen LogP contribution in [0, 0.1) is 0 Å². The second-order valence-corrected chi connectivity index (χ2v) is 3.85. The minimum atomic E-state index is -0.272. The lowest BCUT2D eigenvalue weighted by molar-refractivity contribution is -0.112. The first kappa shape index (κ1) is 9.53. The van der Waals surface area contributed by atoms with E-state index in [1.165, 1.54) is 0 Å². The molecule has 1 aromatic carbocycles. The Hall–Kier alpha value is -1.02. The van der Waals surface area contributed by atoms with Gasteiger partial charge in [-0.3, -0.25) is 4.79 Å². The fourth-order valence-electron chi connectivity index (χ4n) is 1.82. The van der Waals surface area contributed by atoms with Crippen LogP contribution in [0.2, 0.25) is 0 Å². The van der Waals surface area contributed by atoms with Crippen molar-refractivity contribution < 1.29 is 9.53 Å². The lowest BCUT2D eigenvalue weighted by Gasteiger charge is -2.24. The Balaban J connectivity index is 2.26. The maximum atomic E-state index is 10.8. The lowest BCUT2D eigenvalue weighted by Crippen LogP contribution is -2.15. The molecule has 1 aliphatic heterocycles. The van der Waals surface area contributed by atoms with E-state index >= 15 is 0 Å². The van der Waals surface area contributed by atoms with Crippen LogP contribution in [0.5, 0.6) is 5.75 Å². The summed E-state index contributed by atoms with van der Waals surface area (Å²) in [6.45, 7) is 0.672. The smallest absolute Gasteiger partial charge is 0.222 e. The number of benzene rings is 1. The number of halogens is 1. The van der Waals surface area contributed by atoms with Crippen molar-refractivity contribution in [2.45, 2.75) is 18.8 Å². The highest BCUT2D eigenvalue weighted by molar-refractivity contribution is 6.63. The van der Waals surface area contributed by atoms with Crippen molar-refractivity contribution in [2.24, 2.45) is 0 Å². The van der Waals surface area contributed by atoms with Crippen molar-refractivity contribution in [2.75, 3.05) is 6.61 Å². The third-order valence-electron chi connectivity index (χ3n) is 2.49. The molecule has 0 aliphatic carbocycles. The van der Waals surface area contributed by atoms with Crippen molar-refractivity contribution >= 4 is 16.8 Å². The van der Waals surface area contributed by atoms with Gasteiger partial charge in [-0.1, -0.05) is 18.2 Å². The van der Waals surface area contributed by atoms with Crippen molar-refractivity contribution in [3.05, 3.63) is 29.8 Å². The number of ether oxygens (including phenoxy) is 1. The first-order valence-electron chi connectivity index (χ1n) is 4.67. The Morgan fingerprint density at radius 3 is 3.07 bits per heavy atom. The third kappa shape index (κ3) is 1.90. The highest BCUT2D eigenvalue weighted by atomic mass is 35.5. The fraction of sp³-hybridized carbons (Fsp3) is 0.364. The predicted octanol–water partition coefficient (Wildman–Crippen LogP) is 2.71. The topological polar surface area (TPSA) is 26.3 Å². The first-order valence-corrected chi connectivity index (χ1v) is 5.05. The van der Waals surface area contributed by atoms with Crippen LogP contribution < -0.4 is 4.74 Å². The van der Waals surface area contributed by atoms with E-state index in [0.717, 1.165) is 17.7 Å². The van der Waals surface area contributed by atoms with E-state index in [1.54, 1.807) is 0 Å². The van der Waals surface area contributed by atoms with Crippen LogP contribution in [0.1, 0.15) is 24.3 Å². The summed E-state index contributed by atoms with van der Waals surface area (Å²) >= 11 is 5.40. The summed E-state index contributed by atoms with van der Waals surface area (Å²) in [5.74, 6) is 1.12. The molecule has 2 rings (SSSR count). The molecule has 0 N–H and O–H groups in total. The Kier molecular flexibility index (Phi) is 2.73. The minimum absolute atomic E-state index is 0.227. The normalized spacial score (nSPS) is 19.6. The molecule has 1 heterocycles. The summed E-state index contributed by atoms with van der Waals surface area (Å²) in [4.78, 5) is 10.8. The van der Waals surface area contributed by atoms with Gasteiger partial charge in [-0.05, 0) is 35.6 Å². The van der Waals surface area contributed by atoms with Gasteiger partial charge in [0.2, 0.25) is 5.24 Å². The van der Waals surface area contributed by atoms with Gasteiger partial charge >= 0.3 is 0 Å². The first-order chi connectivity index (χ1) is 6.77. The van der Waals surface area contributed by atoms with Crippen LogP contribution in [0.4, 0.5) is 0 Å². The molecular weight excluding hydrogens is 200 g/mol. The molecule has 3 heteroatoms. The van der Waals surface area contributed by atoms with E-state index in [-0.39, 0.29) is 11.2 Å². The molecule has 1 aromatic rings. The molecule has 0 saturated carbocycles. The van der Waals surface area contributed by atoms with Gasteiger partial charge in [0.25, 0.3) is 0 Å². The summed E-state index contributed by atoms with van der Waals surface area (Å²) < 4.78 is 5.48. The van der Waals surface area contributed by atoms with Gasteiger partial charge in [0.1, 0.15) is 5.75 Å².